The molecular formula is C22H29NO6. The first-order valence-corrected chi connectivity index (χ1v) is 10.2. The Morgan fingerprint density at radius 3 is 2.69 bits per heavy atom. The number of oxime groups is 1. The number of esters is 1. The first-order valence-electron chi connectivity index (χ1n) is 10.2. The average Bonchev–Trinajstić information content (AvgIpc) is 2.99. The Kier molecular flexibility index (Phi) is 6.90. The molecular weight excluding hydrogens is 374 g/mol. The summed E-state index contributed by atoms with van der Waals surface area (Å²) in [5.74, 6) is -0.325. The third-order valence-electron chi connectivity index (χ3n) is 6.17. The van der Waals surface area contributed by atoms with Crippen molar-refractivity contribution in [3.8, 4) is 5.75 Å². The second-order valence-electron chi connectivity index (χ2n) is 8.00. The van der Waals surface area contributed by atoms with E-state index in [-0.39, 0.29) is 36.7 Å². The van der Waals surface area contributed by atoms with Gasteiger partial charge in [-0.2, -0.15) is 0 Å². The molecule has 1 aromatic carbocycles. The van der Waals surface area contributed by atoms with Gasteiger partial charge in [0, 0.05) is 5.92 Å². The van der Waals surface area contributed by atoms with Crippen molar-refractivity contribution in [3.63, 3.8) is 0 Å². The lowest BCUT2D eigenvalue weighted by Gasteiger charge is -2.38. The van der Waals surface area contributed by atoms with Crippen LogP contribution >= 0.6 is 0 Å². The van der Waals surface area contributed by atoms with E-state index >= 15 is 0 Å². The maximum atomic E-state index is 11.9. The SMILES string of the molecule is CCC(=NOC)[C@H]1[C@@H](c2cccc(OC(=O)CCC(=O)O)c2)CC2CC(O)[C@H]1C2. The minimum atomic E-state index is -1.03. The lowest BCUT2D eigenvalue weighted by atomic mass is 9.67. The monoisotopic (exact) mass is 403 g/mol. The van der Waals surface area contributed by atoms with Crippen LogP contribution in [0.15, 0.2) is 29.4 Å². The third-order valence-corrected chi connectivity index (χ3v) is 6.17. The minimum Gasteiger partial charge on any atom is -0.481 e. The smallest absolute Gasteiger partial charge is 0.311 e. The molecule has 158 valence electrons. The largest absolute Gasteiger partial charge is 0.481 e. The number of hydrogen-bond donors (Lipinski definition) is 2. The summed E-state index contributed by atoms with van der Waals surface area (Å²) in [6.07, 6.45) is 2.74. The van der Waals surface area contributed by atoms with Crippen LogP contribution in [0.4, 0.5) is 0 Å². The van der Waals surface area contributed by atoms with Crippen LogP contribution in [-0.2, 0) is 14.4 Å². The van der Waals surface area contributed by atoms with Gasteiger partial charge in [0.25, 0.3) is 0 Å². The van der Waals surface area contributed by atoms with Crippen LogP contribution in [0.3, 0.4) is 0 Å². The Morgan fingerprint density at radius 1 is 1.21 bits per heavy atom. The molecule has 1 aromatic rings. The zero-order valence-electron chi connectivity index (χ0n) is 16.9. The number of carboxylic acid groups (broad SMARTS) is 1. The van der Waals surface area contributed by atoms with Gasteiger partial charge in [-0.1, -0.05) is 24.2 Å². The number of nitrogens with zero attached hydrogens (tertiary/aromatic N) is 1. The van der Waals surface area contributed by atoms with E-state index < -0.39 is 11.9 Å². The van der Waals surface area contributed by atoms with Crippen LogP contribution in [0.25, 0.3) is 0 Å². The molecule has 7 nitrogen and oxygen atoms in total. The average molecular weight is 403 g/mol. The maximum absolute atomic E-state index is 11.9. The molecule has 0 radical (unpaired) electrons. The molecule has 0 aliphatic heterocycles. The zero-order chi connectivity index (χ0) is 21.0. The lowest BCUT2D eigenvalue weighted by molar-refractivity contribution is -0.142. The first kappa shape index (κ1) is 21.3. The van der Waals surface area contributed by atoms with Crippen molar-refractivity contribution >= 4 is 17.7 Å². The zero-order valence-corrected chi connectivity index (χ0v) is 16.9. The number of aliphatic hydroxyl groups excluding tert-OH is 1. The van der Waals surface area contributed by atoms with Crippen LogP contribution in [-0.4, -0.2) is 41.1 Å². The van der Waals surface area contributed by atoms with Crippen molar-refractivity contribution in [1.82, 2.24) is 0 Å². The molecule has 2 bridgehead atoms. The van der Waals surface area contributed by atoms with Crippen LogP contribution in [0.5, 0.6) is 5.75 Å². The van der Waals surface area contributed by atoms with Gasteiger partial charge in [0.15, 0.2) is 0 Å². The van der Waals surface area contributed by atoms with Crippen molar-refractivity contribution < 1.29 is 29.4 Å². The molecule has 0 heterocycles. The highest BCUT2D eigenvalue weighted by Crippen LogP contribution is 2.53. The fourth-order valence-electron chi connectivity index (χ4n) is 5.04. The highest BCUT2D eigenvalue weighted by atomic mass is 16.6. The maximum Gasteiger partial charge on any atom is 0.311 e. The molecule has 2 aliphatic carbocycles. The van der Waals surface area contributed by atoms with E-state index in [0.29, 0.717) is 11.7 Å². The van der Waals surface area contributed by atoms with Crippen LogP contribution in [0, 0.1) is 17.8 Å². The number of hydrogen-bond acceptors (Lipinski definition) is 6. The number of carbonyl (C=O) groups is 2. The summed E-state index contributed by atoms with van der Waals surface area (Å²) in [6.45, 7) is 2.04. The molecule has 0 spiro atoms. The van der Waals surface area contributed by atoms with Gasteiger partial charge in [0.2, 0.25) is 0 Å². The molecule has 0 saturated heterocycles. The van der Waals surface area contributed by atoms with Gasteiger partial charge < -0.3 is 19.8 Å². The Bertz CT molecular complexity index is 776. The van der Waals surface area contributed by atoms with E-state index in [2.05, 4.69) is 5.16 Å². The third kappa shape index (κ3) is 4.96. The quantitative estimate of drug-likeness (QED) is 0.298. The van der Waals surface area contributed by atoms with Crippen molar-refractivity contribution in [2.24, 2.45) is 22.9 Å². The van der Waals surface area contributed by atoms with Crippen molar-refractivity contribution in [2.75, 3.05) is 7.11 Å². The highest BCUT2D eigenvalue weighted by molar-refractivity contribution is 5.87. The number of rotatable bonds is 8. The molecule has 29 heavy (non-hydrogen) atoms. The number of fused-ring (bicyclic) bond motifs is 2. The molecule has 2 N–H and O–H groups in total. The standard InChI is InChI=1S/C22H29NO6/c1-3-18(23-28-2)22-16(9-13-10-17(22)19(24)11-13)14-5-4-6-15(12-14)29-21(27)8-7-20(25)26/h4-6,12-13,16-17,19,22,24H,3,7-11H2,1-2H3,(H,25,26)/t13?,16-,17-,19?,22+/m1/s1. The highest BCUT2D eigenvalue weighted by Gasteiger charge is 2.48. The van der Waals surface area contributed by atoms with Crippen LogP contribution < -0.4 is 4.74 Å². The van der Waals surface area contributed by atoms with Crippen LogP contribution in [0.1, 0.15) is 56.9 Å². The molecule has 2 fully saturated rings. The molecule has 5 atom stereocenters. The summed E-state index contributed by atoms with van der Waals surface area (Å²) >= 11 is 0. The first-order chi connectivity index (χ1) is 13.9. The summed E-state index contributed by atoms with van der Waals surface area (Å²) in [5, 5.41) is 23.6. The summed E-state index contributed by atoms with van der Waals surface area (Å²) in [4.78, 5) is 27.6. The molecule has 0 aromatic heterocycles. The number of benzene rings is 1. The second-order valence-corrected chi connectivity index (χ2v) is 8.00. The van der Waals surface area contributed by atoms with E-state index in [4.69, 9.17) is 14.7 Å². The summed E-state index contributed by atoms with van der Waals surface area (Å²) in [7, 11) is 1.54. The summed E-state index contributed by atoms with van der Waals surface area (Å²) < 4.78 is 5.35. The van der Waals surface area contributed by atoms with Gasteiger partial charge in [0.05, 0.1) is 24.7 Å². The predicted octanol–water partition coefficient (Wildman–Crippen LogP) is 3.36. The molecule has 2 unspecified atom stereocenters. The Morgan fingerprint density at radius 2 is 2.00 bits per heavy atom. The number of carboxylic acids is 1. The van der Waals surface area contributed by atoms with E-state index in [9.17, 15) is 14.7 Å². The Labute approximate surface area is 170 Å². The van der Waals surface area contributed by atoms with Crippen molar-refractivity contribution in [3.05, 3.63) is 29.8 Å². The fourth-order valence-corrected chi connectivity index (χ4v) is 5.04. The molecule has 3 rings (SSSR count). The van der Waals surface area contributed by atoms with E-state index in [1.807, 2.05) is 25.1 Å². The number of carbonyl (C=O) groups excluding carboxylic acids is 1. The minimum absolute atomic E-state index is 0.0756. The van der Waals surface area contributed by atoms with Gasteiger partial charge in [-0.3, -0.25) is 9.59 Å². The Hall–Kier alpha value is -2.41. The molecule has 2 saturated carbocycles. The van der Waals surface area contributed by atoms with Gasteiger partial charge in [-0.05, 0) is 61.1 Å². The summed E-state index contributed by atoms with van der Waals surface area (Å²) in [5.41, 5.74) is 1.99. The number of aliphatic hydroxyl groups is 1. The van der Waals surface area contributed by atoms with Gasteiger partial charge >= 0.3 is 11.9 Å². The van der Waals surface area contributed by atoms with E-state index in [0.717, 1.165) is 37.0 Å². The fraction of sp³-hybridized carbons (Fsp3) is 0.591. The number of ether oxygens (including phenoxy) is 1. The molecule has 0 amide bonds. The van der Waals surface area contributed by atoms with E-state index in [1.54, 1.807) is 13.2 Å². The van der Waals surface area contributed by atoms with E-state index in [1.165, 1.54) is 0 Å². The normalized spacial score (nSPS) is 28.8. The van der Waals surface area contributed by atoms with Gasteiger partial charge in [-0.25, -0.2) is 0 Å². The van der Waals surface area contributed by atoms with Crippen molar-refractivity contribution in [2.45, 2.75) is 57.5 Å². The topological polar surface area (TPSA) is 105 Å². The second kappa shape index (κ2) is 9.39. The van der Waals surface area contributed by atoms with Gasteiger partial charge in [-0.15, -0.1) is 0 Å². The Balaban J connectivity index is 1.84. The summed E-state index contributed by atoms with van der Waals surface area (Å²) in [6, 6.07) is 7.42. The van der Waals surface area contributed by atoms with Crippen LogP contribution in [0.2, 0.25) is 0 Å². The lowest BCUT2D eigenvalue weighted by Crippen LogP contribution is -2.36. The molecule has 7 heteroatoms. The van der Waals surface area contributed by atoms with Crippen molar-refractivity contribution in [1.29, 1.82) is 0 Å². The number of aliphatic carboxylic acids is 1. The predicted molar refractivity (Wildman–Crippen MR) is 107 cm³/mol. The van der Waals surface area contributed by atoms with Gasteiger partial charge in [0.1, 0.15) is 12.9 Å². The molecule has 2 aliphatic rings.